The van der Waals surface area contributed by atoms with Gasteiger partial charge in [-0.15, -0.1) is 11.8 Å². The Balaban J connectivity index is 1.72. The number of ether oxygens (including phenoxy) is 1. The number of methoxy groups -OCH3 is 1. The summed E-state index contributed by atoms with van der Waals surface area (Å²) in [5, 5.41) is 0.485. The summed E-state index contributed by atoms with van der Waals surface area (Å²) >= 11 is 12.0. The third-order valence-electron chi connectivity index (χ3n) is 4.59. The number of carbonyl (C=O) groups is 1. The molecule has 9 heteroatoms. The van der Waals surface area contributed by atoms with Gasteiger partial charge in [-0.25, -0.2) is 4.79 Å². The number of rotatable bonds is 3. The van der Waals surface area contributed by atoms with Crippen LogP contribution in [0.25, 0.3) is 11.0 Å². The molecule has 0 bridgehead atoms. The fourth-order valence-electron chi connectivity index (χ4n) is 3.25. The quantitative estimate of drug-likeness (QED) is 0.345. The van der Waals surface area contributed by atoms with Crippen LogP contribution in [0.5, 0.6) is 5.75 Å². The van der Waals surface area contributed by atoms with Crippen molar-refractivity contribution in [1.82, 2.24) is 4.90 Å². The van der Waals surface area contributed by atoms with Crippen molar-refractivity contribution >= 4 is 76.4 Å². The van der Waals surface area contributed by atoms with Gasteiger partial charge in [0.25, 0.3) is 5.91 Å². The number of fused-ring (bicyclic) bond motifs is 1. The van der Waals surface area contributed by atoms with E-state index < -0.39 is 5.63 Å². The van der Waals surface area contributed by atoms with E-state index in [1.807, 2.05) is 24.3 Å². The summed E-state index contributed by atoms with van der Waals surface area (Å²) in [4.78, 5) is 27.5. The second-order valence-corrected chi connectivity index (χ2v) is 10.2. The number of nitrogens with zero attached hydrogens (tertiary/aromatic N) is 1. The standard InChI is InChI=1S/C20H14Br3NO4S/c1-27-16-3-2-10(8-14(16)22)19-24(4-5-29-19)18(25)13-7-11-6-12(21)9-15(23)17(11)28-20(13)26/h2-3,6-9,19H,4-5H2,1H3/t19-/m0/s1. The van der Waals surface area contributed by atoms with Crippen molar-refractivity contribution in [1.29, 1.82) is 0 Å². The number of thioether (sulfide) groups is 1. The van der Waals surface area contributed by atoms with E-state index in [1.54, 1.807) is 35.9 Å². The predicted molar refractivity (Wildman–Crippen MR) is 125 cm³/mol. The second kappa shape index (κ2) is 8.45. The molecule has 0 unspecified atom stereocenters. The first-order chi connectivity index (χ1) is 13.9. The van der Waals surface area contributed by atoms with Crippen molar-refractivity contribution in [3.8, 4) is 5.75 Å². The Morgan fingerprint density at radius 3 is 2.69 bits per heavy atom. The molecular formula is C20H14Br3NO4S. The lowest BCUT2D eigenvalue weighted by molar-refractivity contribution is 0.0756. The van der Waals surface area contributed by atoms with Gasteiger partial charge in [0, 0.05) is 22.2 Å². The predicted octanol–water partition coefficient (Wildman–Crippen LogP) is 5.98. The molecule has 0 radical (unpaired) electrons. The molecule has 1 aromatic heterocycles. The molecule has 1 atom stereocenters. The maximum absolute atomic E-state index is 13.3. The molecule has 1 saturated heterocycles. The van der Waals surface area contributed by atoms with Crippen LogP contribution in [0.2, 0.25) is 0 Å². The zero-order valence-corrected chi connectivity index (χ0v) is 20.7. The van der Waals surface area contributed by atoms with Crippen LogP contribution in [0, 0.1) is 0 Å². The minimum absolute atomic E-state index is 0.0302. The van der Waals surface area contributed by atoms with Crippen LogP contribution in [0.15, 0.2) is 59.0 Å². The molecule has 150 valence electrons. The fourth-order valence-corrected chi connectivity index (χ4v) is 6.39. The van der Waals surface area contributed by atoms with Crippen LogP contribution in [0.3, 0.4) is 0 Å². The third-order valence-corrected chi connectivity index (χ3v) is 7.52. The van der Waals surface area contributed by atoms with Gasteiger partial charge >= 0.3 is 5.63 Å². The summed E-state index contributed by atoms with van der Waals surface area (Å²) < 4.78 is 13.0. The number of halogens is 3. The maximum Gasteiger partial charge on any atom is 0.349 e. The monoisotopic (exact) mass is 601 g/mol. The molecule has 0 aliphatic carbocycles. The van der Waals surface area contributed by atoms with E-state index in [0.717, 1.165) is 26.0 Å². The first kappa shape index (κ1) is 21.0. The highest BCUT2D eigenvalue weighted by atomic mass is 79.9. The van der Waals surface area contributed by atoms with E-state index in [1.165, 1.54) is 0 Å². The first-order valence-electron chi connectivity index (χ1n) is 8.58. The summed E-state index contributed by atoms with van der Waals surface area (Å²) in [6.07, 6.45) is 0. The molecule has 1 fully saturated rings. The summed E-state index contributed by atoms with van der Waals surface area (Å²) in [6.45, 7) is 0.553. The Bertz CT molecular complexity index is 1180. The average Bonchev–Trinajstić information content (AvgIpc) is 3.17. The van der Waals surface area contributed by atoms with E-state index in [2.05, 4.69) is 47.8 Å². The summed E-state index contributed by atoms with van der Waals surface area (Å²) in [5.41, 5.74) is 0.769. The Hall–Kier alpha value is -1.29. The molecule has 1 aliphatic heterocycles. The summed E-state index contributed by atoms with van der Waals surface area (Å²) in [7, 11) is 1.61. The topological polar surface area (TPSA) is 59.8 Å². The molecule has 1 aliphatic rings. The highest BCUT2D eigenvalue weighted by Gasteiger charge is 2.33. The molecule has 1 amide bonds. The summed E-state index contributed by atoms with van der Waals surface area (Å²) in [5.74, 6) is 1.18. The minimum Gasteiger partial charge on any atom is -0.496 e. The second-order valence-electron chi connectivity index (χ2n) is 6.37. The van der Waals surface area contributed by atoms with Crippen molar-refractivity contribution in [2.45, 2.75) is 5.37 Å². The van der Waals surface area contributed by atoms with Gasteiger partial charge in [-0.3, -0.25) is 4.79 Å². The molecule has 0 spiro atoms. The van der Waals surface area contributed by atoms with Crippen LogP contribution in [-0.4, -0.2) is 30.2 Å². The summed E-state index contributed by atoms with van der Waals surface area (Å²) in [6, 6.07) is 10.9. The van der Waals surface area contributed by atoms with E-state index in [9.17, 15) is 9.59 Å². The molecule has 3 aromatic rings. The van der Waals surface area contributed by atoms with E-state index in [-0.39, 0.29) is 16.8 Å². The number of hydrogen-bond donors (Lipinski definition) is 0. The Morgan fingerprint density at radius 2 is 1.97 bits per heavy atom. The lowest BCUT2D eigenvalue weighted by Crippen LogP contribution is -2.33. The van der Waals surface area contributed by atoms with Gasteiger partial charge in [-0.2, -0.15) is 0 Å². The normalized spacial score (nSPS) is 16.4. The van der Waals surface area contributed by atoms with Gasteiger partial charge < -0.3 is 14.1 Å². The van der Waals surface area contributed by atoms with Gasteiger partial charge in [0.1, 0.15) is 16.7 Å². The van der Waals surface area contributed by atoms with Crippen LogP contribution in [-0.2, 0) is 0 Å². The van der Waals surface area contributed by atoms with Crippen LogP contribution in [0.1, 0.15) is 21.3 Å². The van der Waals surface area contributed by atoms with Gasteiger partial charge in [-0.1, -0.05) is 22.0 Å². The fraction of sp³-hybridized carbons (Fsp3) is 0.200. The van der Waals surface area contributed by atoms with E-state index in [0.29, 0.717) is 22.0 Å². The number of carbonyl (C=O) groups excluding carboxylic acids is 1. The van der Waals surface area contributed by atoms with Gasteiger partial charge in [0.05, 0.1) is 16.1 Å². The SMILES string of the molecule is COc1ccc([C@@H]2SCCN2C(=O)c2cc3cc(Br)cc(Br)c3oc2=O)cc1Br. The third kappa shape index (κ3) is 4.02. The zero-order chi connectivity index (χ0) is 20.7. The molecule has 0 saturated carbocycles. The lowest BCUT2D eigenvalue weighted by atomic mass is 10.1. The molecule has 2 aromatic carbocycles. The Kier molecular flexibility index (Phi) is 6.11. The van der Waals surface area contributed by atoms with Gasteiger partial charge in [0.15, 0.2) is 5.58 Å². The molecule has 2 heterocycles. The largest absolute Gasteiger partial charge is 0.496 e. The van der Waals surface area contributed by atoms with Crippen LogP contribution in [0.4, 0.5) is 0 Å². The van der Waals surface area contributed by atoms with E-state index >= 15 is 0 Å². The molecule has 5 nitrogen and oxygen atoms in total. The number of amides is 1. The number of benzene rings is 2. The Morgan fingerprint density at radius 1 is 1.17 bits per heavy atom. The number of hydrogen-bond acceptors (Lipinski definition) is 5. The van der Waals surface area contributed by atoms with Crippen LogP contribution < -0.4 is 10.4 Å². The minimum atomic E-state index is -0.642. The highest BCUT2D eigenvalue weighted by molar-refractivity contribution is 9.11. The van der Waals surface area contributed by atoms with Crippen molar-refractivity contribution in [2.75, 3.05) is 19.4 Å². The van der Waals surface area contributed by atoms with Crippen molar-refractivity contribution < 1.29 is 13.9 Å². The smallest absolute Gasteiger partial charge is 0.349 e. The molecule has 4 rings (SSSR count). The average molecular weight is 604 g/mol. The van der Waals surface area contributed by atoms with Gasteiger partial charge in [0.2, 0.25) is 0 Å². The highest BCUT2D eigenvalue weighted by Crippen LogP contribution is 2.41. The van der Waals surface area contributed by atoms with Gasteiger partial charge in [-0.05, 0) is 67.8 Å². The molecular weight excluding hydrogens is 590 g/mol. The zero-order valence-electron chi connectivity index (χ0n) is 15.1. The first-order valence-corrected chi connectivity index (χ1v) is 12.0. The Labute approximate surface area is 196 Å². The van der Waals surface area contributed by atoms with E-state index in [4.69, 9.17) is 9.15 Å². The van der Waals surface area contributed by atoms with Crippen molar-refractivity contribution in [3.05, 3.63) is 71.4 Å². The lowest BCUT2D eigenvalue weighted by Gasteiger charge is -2.24. The molecule has 0 N–H and O–H groups in total. The van der Waals surface area contributed by atoms with Crippen molar-refractivity contribution in [2.24, 2.45) is 0 Å². The van der Waals surface area contributed by atoms with Crippen molar-refractivity contribution in [3.63, 3.8) is 0 Å². The van der Waals surface area contributed by atoms with Crippen LogP contribution >= 0.6 is 59.6 Å². The molecule has 29 heavy (non-hydrogen) atoms. The maximum atomic E-state index is 13.3.